The maximum atomic E-state index is 12.4. The minimum Gasteiger partial charge on any atom is -0.497 e. The molecule has 148 valence electrons. The highest BCUT2D eigenvalue weighted by Crippen LogP contribution is 2.38. The predicted molar refractivity (Wildman–Crippen MR) is 106 cm³/mol. The number of urea groups is 1. The molecule has 27 heavy (non-hydrogen) atoms. The van der Waals surface area contributed by atoms with Gasteiger partial charge in [0, 0.05) is 24.7 Å². The van der Waals surface area contributed by atoms with Crippen molar-refractivity contribution in [2.75, 3.05) is 18.6 Å². The molecule has 1 aromatic rings. The predicted octanol–water partition coefficient (Wildman–Crippen LogP) is 3.31. The number of carbonyl (C=O) groups excluding carboxylic acids is 2. The van der Waals surface area contributed by atoms with Crippen LogP contribution in [0.15, 0.2) is 24.3 Å². The summed E-state index contributed by atoms with van der Waals surface area (Å²) in [6.07, 6.45) is 3.53. The van der Waals surface area contributed by atoms with E-state index in [2.05, 4.69) is 31.4 Å². The topological polar surface area (TPSA) is 70.7 Å². The van der Waals surface area contributed by atoms with Crippen molar-refractivity contribution in [2.24, 2.45) is 11.3 Å². The lowest BCUT2D eigenvalue weighted by Gasteiger charge is -2.39. The summed E-state index contributed by atoms with van der Waals surface area (Å²) in [4.78, 5) is 26.5. The van der Waals surface area contributed by atoms with E-state index in [9.17, 15) is 9.59 Å². The van der Waals surface area contributed by atoms with Crippen molar-refractivity contribution in [3.05, 3.63) is 24.3 Å². The Hall–Kier alpha value is -2.24. The van der Waals surface area contributed by atoms with Gasteiger partial charge in [-0.25, -0.2) is 4.79 Å². The molecule has 1 saturated heterocycles. The number of amides is 3. The smallest absolute Gasteiger partial charge is 0.315 e. The van der Waals surface area contributed by atoms with E-state index in [-0.39, 0.29) is 29.4 Å². The van der Waals surface area contributed by atoms with E-state index in [0.29, 0.717) is 18.9 Å². The molecule has 0 unspecified atom stereocenters. The Morgan fingerprint density at radius 3 is 2.44 bits per heavy atom. The Labute approximate surface area is 161 Å². The van der Waals surface area contributed by atoms with Crippen molar-refractivity contribution < 1.29 is 14.3 Å². The highest BCUT2D eigenvalue weighted by Gasteiger charge is 2.34. The van der Waals surface area contributed by atoms with Crippen LogP contribution in [-0.4, -0.2) is 37.7 Å². The molecule has 0 radical (unpaired) electrons. The van der Waals surface area contributed by atoms with Crippen molar-refractivity contribution in [1.29, 1.82) is 0 Å². The first-order chi connectivity index (χ1) is 12.8. The van der Waals surface area contributed by atoms with Gasteiger partial charge in [-0.2, -0.15) is 0 Å². The van der Waals surface area contributed by atoms with Gasteiger partial charge in [-0.3, -0.25) is 4.79 Å². The van der Waals surface area contributed by atoms with Crippen molar-refractivity contribution in [3.8, 4) is 5.75 Å². The lowest BCUT2D eigenvalue weighted by atomic mass is 9.71. The van der Waals surface area contributed by atoms with E-state index in [1.807, 2.05) is 24.3 Å². The molecule has 3 rings (SSSR count). The SMILES string of the molecule is COc1ccc(N2C[C@H](NC(=O)N[C@@H]3C[C@@H](C)CC(C)(C)C3)CC2=O)cc1. The van der Waals surface area contributed by atoms with Crippen LogP contribution in [0.4, 0.5) is 10.5 Å². The molecule has 6 nitrogen and oxygen atoms in total. The number of methoxy groups -OCH3 is 1. The summed E-state index contributed by atoms with van der Waals surface area (Å²) in [6.45, 7) is 7.26. The van der Waals surface area contributed by atoms with E-state index in [0.717, 1.165) is 24.3 Å². The van der Waals surface area contributed by atoms with Gasteiger partial charge in [0.2, 0.25) is 5.91 Å². The maximum absolute atomic E-state index is 12.4. The Morgan fingerprint density at radius 1 is 1.15 bits per heavy atom. The van der Waals surface area contributed by atoms with E-state index in [4.69, 9.17) is 4.74 Å². The van der Waals surface area contributed by atoms with Crippen LogP contribution in [-0.2, 0) is 4.79 Å². The number of hydrogen-bond donors (Lipinski definition) is 2. The quantitative estimate of drug-likeness (QED) is 0.851. The third-order valence-electron chi connectivity index (χ3n) is 5.57. The van der Waals surface area contributed by atoms with Crippen LogP contribution in [0.5, 0.6) is 5.75 Å². The largest absolute Gasteiger partial charge is 0.497 e. The molecule has 3 atom stereocenters. The molecule has 0 aromatic heterocycles. The molecule has 2 N–H and O–H groups in total. The van der Waals surface area contributed by atoms with Crippen molar-refractivity contribution >= 4 is 17.6 Å². The Balaban J connectivity index is 1.53. The first kappa shape index (κ1) is 19.5. The van der Waals surface area contributed by atoms with Gasteiger partial charge in [-0.05, 0) is 54.9 Å². The van der Waals surface area contributed by atoms with E-state index < -0.39 is 0 Å². The first-order valence-electron chi connectivity index (χ1n) is 9.77. The van der Waals surface area contributed by atoms with Crippen LogP contribution >= 0.6 is 0 Å². The second-order valence-electron chi connectivity index (χ2n) is 8.83. The fraction of sp³-hybridized carbons (Fsp3) is 0.619. The van der Waals surface area contributed by atoms with Gasteiger partial charge in [0.25, 0.3) is 0 Å². The maximum Gasteiger partial charge on any atom is 0.315 e. The third-order valence-corrected chi connectivity index (χ3v) is 5.57. The van der Waals surface area contributed by atoms with Crippen LogP contribution in [0.1, 0.15) is 46.5 Å². The zero-order chi connectivity index (χ0) is 19.6. The molecule has 1 heterocycles. The highest BCUT2D eigenvalue weighted by molar-refractivity contribution is 5.96. The van der Waals surface area contributed by atoms with Crippen LogP contribution in [0.3, 0.4) is 0 Å². The van der Waals surface area contributed by atoms with E-state index in [1.165, 1.54) is 6.42 Å². The third kappa shape index (κ3) is 4.93. The number of hydrogen-bond acceptors (Lipinski definition) is 3. The van der Waals surface area contributed by atoms with Crippen LogP contribution < -0.4 is 20.3 Å². The molecule has 0 spiro atoms. The number of ether oxygens (including phenoxy) is 1. The average molecular weight is 373 g/mol. The second-order valence-corrected chi connectivity index (χ2v) is 8.83. The number of anilines is 1. The van der Waals surface area contributed by atoms with Gasteiger partial charge in [0.15, 0.2) is 0 Å². The van der Waals surface area contributed by atoms with E-state index in [1.54, 1.807) is 12.0 Å². The minimum absolute atomic E-state index is 0.0258. The van der Waals surface area contributed by atoms with Gasteiger partial charge < -0.3 is 20.3 Å². The number of nitrogens with one attached hydrogen (secondary N) is 2. The minimum atomic E-state index is -0.173. The average Bonchev–Trinajstić information content (AvgIpc) is 2.93. The molecule has 3 amide bonds. The zero-order valence-electron chi connectivity index (χ0n) is 16.7. The van der Waals surface area contributed by atoms with Gasteiger partial charge in [0.05, 0.1) is 13.2 Å². The van der Waals surface area contributed by atoms with Crippen LogP contribution in [0.2, 0.25) is 0 Å². The van der Waals surface area contributed by atoms with Crippen molar-refractivity contribution in [1.82, 2.24) is 10.6 Å². The Morgan fingerprint density at radius 2 is 1.81 bits per heavy atom. The molecule has 1 aliphatic heterocycles. The Bertz CT molecular complexity index is 686. The first-order valence-corrected chi connectivity index (χ1v) is 9.77. The van der Waals surface area contributed by atoms with E-state index >= 15 is 0 Å². The summed E-state index contributed by atoms with van der Waals surface area (Å²) in [5.41, 5.74) is 1.08. The molecular formula is C21H31N3O3. The summed E-state index contributed by atoms with van der Waals surface area (Å²) in [5, 5.41) is 6.10. The number of benzene rings is 1. The number of rotatable bonds is 4. The summed E-state index contributed by atoms with van der Waals surface area (Å²) in [6, 6.07) is 7.26. The van der Waals surface area contributed by atoms with Gasteiger partial charge in [0.1, 0.15) is 5.75 Å². The van der Waals surface area contributed by atoms with Crippen molar-refractivity contribution in [2.45, 2.75) is 58.5 Å². The molecule has 1 aromatic carbocycles. The summed E-state index contributed by atoms with van der Waals surface area (Å²) in [5.74, 6) is 1.39. The number of carbonyl (C=O) groups is 2. The van der Waals surface area contributed by atoms with Crippen LogP contribution in [0.25, 0.3) is 0 Å². The molecule has 2 aliphatic rings. The molecule has 1 saturated carbocycles. The molecule has 1 aliphatic carbocycles. The molecular weight excluding hydrogens is 342 g/mol. The molecule has 6 heteroatoms. The fourth-order valence-corrected chi connectivity index (χ4v) is 4.68. The second kappa shape index (κ2) is 7.79. The lowest BCUT2D eigenvalue weighted by molar-refractivity contribution is -0.117. The van der Waals surface area contributed by atoms with Gasteiger partial charge in [-0.1, -0.05) is 20.8 Å². The zero-order valence-corrected chi connectivity index (χ0v) is 16.7. The number of nitrogens with zero attached hydrogens (tertiary/aromatic N) is 1. The van der Waals surface area contributed by atoms with Crippen molar-refractivity contribution in [3.63, 3.8) is 0 Å². The van der Waals surface area contributed by atoms with Crippen LogP contribution in [0, 0.1) is 11.3 Å². The highest BCUT2D eigenvalue weighted by atomic mass is 16.5. The Kier molecular flexibility index (Phi) is 5.63. The monoisotopic (exact) mass is 373 g/mol. The summed E-state index contributed by atoms with van der Waals surface area (Å²) < 4.78 is 5.16. The summed E-state index contributed by atoms with van der Waals surface area (Å²) >= 11 is 0. The summed E-state index contributed by atoms with van der Waals surface area (Å²) in [7, 11) is 1.61. The normalized spacial score (nSPS) is 27.3. The fourth-order valence-electron chi connectivity index (χ4n) is 4.68. The standard InChI is InChI=1S/C21H31N3O3/c1-14-9-15(12-21(2,3)11-14)22-20(26)23-16-10-19(25)24(13-16)17-5-7-18(27-4)8-6-17/h5-8,14-16H,9-13H2,1-4H3,(H2,22,23,26)/t14-,15-,16-/m1/s1. The lowest BCUT2D eigenvalue weighted by Crippen LogP contribution is -2.50. The molecule has 0 bridgehead atoms. The van der Waals surface area contributed by atoms with Gasteiger partial charge >= 0.3 is 6.03 Å². The van der Waals surface area contributed by atoms with Gasteiger partial charge in [-0.15, -0.1) is 0 Å². The molecule has 2 fully saturated rings.